The molecule has 0 spiro atoms. The van der Waals surface area contributed by atoms with E-state index in [1.807, 2.05) is 0 Å². The molecule has 0 atom stereocenters. The van der Waals surface area contributed by atoms with Crippen molar-refractivity contribution in [3.63, 3.8) is 0 Å². The van der Waals surface area contributed by atoms with E-state index in [1.165, 1.54) is 19.2 Å². The lowest BCUT2D eigenvalue weighted by Crippen LogP contribution is -2.50. The van der Waals surface area contributed by atoms with Gasteiger partial charge in [-0.25, -0.2) is 13.6 Å². The average molecular weight is 328 g/mol. The first-order chi connectivity index (χ1) is 10.7. The molecule has 0 aliphatic carbocycles. The quantitative estimate of drug-likeness (QED) is 0.837. The smallest absolute Gasteiger partial charge is 0.410 e. The van der Waals surface area contributed by atoms with Crippen LogP contribution in [0.15, 0.2) is 12.1 Å². The number of halogens is 2. The first-order valence-electron chi connectivity index (χ1n) is 7.48. The number of amides is 1. The third kappa shape index (κ3) is 4.03. The van der Waals surface area contributed by atoms with Gasteiger partial charge in [-0.05, 0) is 32.9 Å². The highest BCUT2D eigenvalue weighted by molar-refractivity contribution is 5.68. The van der Waals surface area contributed by atoms with E-state index in [0.29, 0.717) is 26.2 Å². The maximum Gasteiger partial charge on any atom is 0.410 e. The Labute approximate surface area is 134 Å². The number of piperazine rings is 1. The van der Waals surface area contributed by atoms with Crippen molar-refractivity contribution in [2.75, 3.05) is 38.2 Å². The van der Waals surface area contributed by atoms with E-state index in [0.717, 1.165) is 0 Å². The lowest BCUT2D eigenvalue weighted by atomic mass is 10.2. The van der Waals surface area contributed by atoms with Crippen LogP contribution in [0.2, 0.25) is 0 Å². The van der Waals surface area contributed by atoms with Gasteiger partial charge in [0.05, 0.1) is 12.8 Å². The molecule has 7 heteroatoms. The van der Waals surface area contributed by atoms with Crippen LogP contribution in [0.3, 0.4) is 0 Å². The second-order valence-electron chi connectivity index (χ2n) is 6.37. The Morgan fingerprint density at radius 3 is 2.26 bits per heavy atom. The molecule has 2 rings (SSSR count). The van der Waals surface area contributed by atoms with Crippen molar-refractivity contribution in [2.24, 2.45) is 0 Å². The van der Waals surface area contributed by atoms with Crippen LogP contribution in [0.5, 0.6) is 5.75 Å². The van der Waals surface area contributed by atoms with Gasteiger partial charge in [0.2, 0.25) is 0 Å². The largest absolute Gasteiger partial charge is 0.491 e. The molecule has 1 amide bonds. The van der Waals surface area contributed by atoms with Crippen LogP contribution >= 0.6 is 0 Å². The minimum Gasteiger partial charge on any atom is -0.491 e. The zero-order chi connectivity index (χ0) is 17.2. The predicted molar refractivity (Wildman–Crippen MR) is 82.9 cm³/mol. The summed E-state index contributed by atoms with van der Waals surface area (Å²) in [6.07, 6.45) is -0.380. The van der Waals surface area contributed by atoms with Crippen molar-refractivity contribution in [1.29, 1.82) is 0 Å². The lowest BCUT2D eigenvalue weighted by Gasteiger charge is -2.36. The SMILES string of the molecule is COc1c(F)ccc(N2CCN(C(=O)OC(C)(C)C)CC2)c1F. The van der Waals surface area contributed by atoms with Crippen LogP contribution in [-0.4, -0.2) is 49.9 Å². The van der Waals surface area contributed by atoms with Gasteiger partial charge in [-0.3, -0.25) is 0 Å². The Kier molecular flexibility index (Phi) is 4.97. The van der Waals surface area contributed by atoms with Crippen molar-refractivity contribution in [3.8, 4) is 5.75 Å². The summed E-state index contributed by atoms with van der Waals surface area (Å²) in [5, 5.41) is 0. The number of carbonyl (C=O) groups excluding carboxylic acids is 1. The summed E-state index contributed by atoms with van der Waals surface area (Å²) in [6.45, 7) is 7.11. The number of anilines is 1. The highest BCUT2D eigenvalue weighted by atomic mass is 19.1. The zero-order valence-electron chi connectivity index (χ0n) is 13.9. The second-order valence-corrected chi connectivity index (χ2v) is 6.37. The number of ether oxygens (including phenoxy) is 2. The summed E-state index contributed by atoms with van der Waals surface area (Å²) in [7, 11) is 1.23. The molecule has 23 heavy (non-hydrogen) atoms. The molecule has 5 nitrogen and oxygen atoms in total. The van der Waals surface area contributed by atoms with Crippen molar-refractivity contribution >= 4 is 11.8 Å². The Hall–Kier alpha value is -2.05. The summed E-state index contributed by atoms with van der Waals surface area (Å²) < 4.78 is 37.8. The molecular formula is C16H22F2N2O3. The molecular weight excluding hydrogens is 306 g/mol. The zero-order valence-corrected chi connectivity index (χ0v) is 13.9. The maximum absolute atomic E-state index is 14.3. The number of nitrogens with zero attached hydrogens (tertiary/aromatic N) is 2. The van der Waals surface area contributed by atoms with Crippen molar-refractivity contribution < 1.29 is 23.0 Å². The Morgan fingerprint density at radius 2 is 1.74 bits per heavy atom. The van der Waals surface area contributed by atoms with Gasteiger partial charge in [0.15, 0.2) is 17.4 Å². The highest BCUT2D eigenvalue weighted by Gasteiger charge is 2.27. The number of rotatable bonds is 2. The Bertz CT molecular complexity index is 579. The van der Waals surface area contributed by atoms with E-state index in [2.05, 4.69) is 0 Å². The van der Waals surface area contributed by atoms with Gasteiger partial charge >= 0.3 is 6.09 Å². The molecule has 0 bridgehead atoms. The summed E-state index contributed by atoms with van der Waals surface area (Å²) in [4.78, 5) is 15.4. The van der Waals surface area contributed by atoms with Gasteiger partial charge in [0, 0.05) is 26.2 Å². The fourth-order valence-corrected chi connectivity index (χ4v) is 2.41. The minimum absolute atomic E-state index is 0.270. The molecule has 1 aromatic rings. The number of carbonyl (C=O) groups is 1. The van der Waals surface area contributed by atoms with E-state index in [9.17, 15) is 13.6 Å². The third-order valence-electron chi connectivity index (χ3n) is 3.50. The van der Waals surface area contributed by atoms with E-state index in [4.69, 9.17) is 9.47 Å². The van der Waals surface area contributed by atoms with Crippen LogP contribution in [0.25, 0.3) is 0 Å². The van der Waals surface area contributed by atoms with E-state index in [1.54, 1.807) is 30.6 Å². The molecule has 0 N–H and O–H groups in total. The molecule has 0 aromatic heterocycles. The normalized spacial score (nSPS) is 15.6. The summed E-state index contributed by atoms with van der Waals surface area (Å²) >= 11 is 0. The van der Waals surface area contributed by atoms with Gasteiger partial charge in [-0.15, -0.1) is 0 Å². The van der Waals surface area contributed by atoms with Gasteiger partial charge in [-0.2, -0.15) is 0 Å². The molecule has 1 fully saturated rings. The van der Waals surface area contributed by atoms with Crippen LogP contribution in [0.1, 0.15) is 20.8 Å². The molecule has 0 saturated carbocycles. The number of hydrogen-bond acceptors (Lipinski definition) is 4. The lowest BCUT2D eigenvalue weighted by molar-refractivity contribution is 0.0240. The van der Waals surface area contributed by atoms with Gasteiger partial charge in [0.1, 0.15) is 5.60 Å². The van der Waals surface area contributed by atoms with E-state index >= 15 is 0 Å². The fraction of sp³-hybridized carbons (Fsp3) is 0.562. The molecule has 1 aromatic carbocycles. The maximum atomic E-state index is 14.3. The molecule has 1 heterocycles. The monoisotopic (exact) mass is 328 g/mol. The highest BCUT2D eigenvalue weighted by Crippen LogP contribution is 2.30. The Balaban J connectivity index is 2.04. The van der Waals surface area contributed by atoms with E-state index < -0.39 is 23.0 Å². The van der Waals surface area contributed by atoms with Gasteiger partial charge in [0.25, 0.3) is 0 Å². The first kappa shape index (κ1) is 17.3. The molecule has 1 aliphatic heterocycles. The summed E-state index contributed by atoms with van der Waals surface area (Å²) in [5.41, 5.74) is -0.280. The molecule has 1 saturated heterocycles. The van der Waals surface area contributed by atoms with Gasteiger partial charge in [-0.1, -0.05) is 0 Å². The van der Waals surface area contributed by atoms with Gasteiger partial charge < -0.3 is 19.3 Å². The first-order valence-corrected chi connectivity index (χ1v) is 7.48. The van der Waals surface area contributed by atoms with Crippen LogP contribution in [0, 0.1) is 11.6 Å². The molecule has 128 valence electrons. The average Bonchev–Trinajstić information content (AvgIpc) is 2.46. The van der Waals surface area contributed by atoms with Crippen LogP contribution < -0.4 is 9.64 Å². The van der Waals surface area contributed by atoms with Crippen molar-refractivity contribution in [1.82, 2.24) is 4.90 Å². The topological polar surface area (TPSA) is 42.0 Å². The number of benzene rings is 1. The number of hydrogen-bond donors (Lipinski definition) is 0. The number of methoxy groups -OCH3 is 1. The summed E-state index contributed by atoms with van der Waals surface area (Å²) in [5.74, 6) is -1.85. The molecule has 1 aliphatic rings. The minimum atomic E-state index is -0.735. The summed E-state index contributed by atoms with van der Waals surface area (Å²) in [6, 6.07) is 2.56. The van der Waals surface area contributed by atoms with Crippen LogP contribution in [-0.2, 0) is 4.74 Å². The van der Waals surface area contributed by atoms with E-state index in [-0.39, 0.29) is 11.8 Å². The Morgan fingerprint density at radius 1 is 1.13 bits per heavy atom. The fourth-order valence-electron chi connectivity index (χ4n) is 2.41. The predicted octanol–water partition coefficient (Wildman–Crippen LogP) is 3.03. The van der Waals surface area contributed by atoms with Crippen LogP contribution in [0.4, 0.5) is 19.3 Å². The van der Waals surface area contributed by atoms with Crippen molar-refractivity contribution in [2.45, 2.75) is 26.4 Å². The standard InChI is InChI=1S/C16H22F2N2O3/c1-16(2,3)23-15(21)20-9-7-19(8-10-20)12-6-5-11(17)14(22-4)13(12)18/h5-6H,7-10H2,1-4H3. The second kappa shape index (κ2) is 6.60. The molecule has 0 unspecified atom stereocenters. The molecule has 0 radical (unpaired) electrons. The van der Waals surface area contributed by atoms with Crippen molar-refractivity contribution in [3.05, 3.63) is 23.8 Å². The third-order valence-corrected chi connectivity index (χ3v) is 3.50.